The summed E-state index contributed by atoms with van der Waals surface area (Å²) in [5.74, 6) is 0.00251. The largest absolute Gasteiger partial charge is 0.490 e. The van der Waals surface area contributed by atoms with E-state index in [-0.39, 0.29) is 24.3 Å². The van der Waals surface area contributed by atoms with Gasteiger partial charge in [0, 0.05) is 0 Å². The average Bonchev–Trinajstić information content (AvgIpc) is 3.11. The summed E-state index contributed by atoms with van der Waals surface area (Å²) < 4.78 is 16.6. The molecule has 3 aromatic carbocycles. The Balaban J connectivity index is 1.59. The van der Waals surface area contributed by atoms with Gasteiger partial charge in [-0.3, -0.25) is 14.5 Å². The molecular weight excluding hydrogens is 581 g/mol. The molecule has 0 saturated carbocycles. The van der Waals surface area contributed by atoms with Crippen LogP contribution < -0.4 is 9.47 Å². The molecule has 9 heteroatoms. The number of carbonyl (C=O) groups is 3. The number of nitrogens with zero attached hydrogens (tertiary/aromatic N) is 1. The number of halogens is 1. The van der Waals surface area contributed by atoms with Crippen LogP contribution in [0.1, 0.15) is 18.1 Å². The summed E-state index contributed by atoms with van der Waals surface area (Å²) in [6, 6.07) is 17.3. The van der Waals surface area contributed by atoms with E-state index in [0.29, 0.717) is 32.1 Å². The molecule has 2 amide bonds. The van der Waals surface area contributed by atoms with Crippen molar-refractivity contribution in [2.45, 2.75) is 13.5 Å². The van der Waals surface area contributed by atoms with E-state index in [1.165, 1.54) is 12.0 Å². The van der Waals surface area contributed by atoms with Crippen molar-refractivity contribution in [3.8, 4) is 11.5 Å². The van der Waals surface area contributed by atoms with Gasteiger partial charge in [-0.2, -0.15) is 0 Å². The van der Waals surface area contributed by atoms with Gasteiger partial charge in [0.2, 0.25) is 0 Å². The maximum Gasteiger partial charge on any atom is 0.343 e. The van der Waals surface area contributed by atoms with Gasteiger partial charge >= 0.3 is 5.97 Å². The first-order chi connectivity index (χ1) is 16.9. The van der Waals surface area contributed by atoms with E-state index in [1.807, 2.05) is 49.4 Å². The van der Waals surface area contributed by atoms with Crippen LogP contribution in [-0.2, 0) is 20.9 Å². The Morgan fingerprint density at radius 2 is 1.86 bits per heavy atom. The normalized spacial score (nSPS) is 14.6. The van der Waals surface area contributed by atoms with E-state index in [4.69, 9.17) is 9.47 Å². The van der Waals surface area contributed by atoms with Gasteiger partial charge in [0.15, 0.2) is 18.1 Å². The molecule has 0 aromatic heterocycles. The third kappa shape index (κ3) is 5.62. The molecule has 4 rings (SSSR count). The first kappa shape index (κ1) is 25.1. The zero-order valence-corrected chi connectivity index (χ0v) is 22.1. The number of ether oxygens (including phenoxy) is 3. The topological polar surface area (TPSA) is 82.1 Å². The average molecular weight is 603 g/mol. The summed E-state index contributed by atoms with van der Waals surface area (Å²) in [4.78, 5) is 39.0. The number of esters is 1. The summed E-state index contributed by atoms with van der Waals surface area (Å²) >= 11 is 2.99. The van der Waals surface area contributed by atoms with Gasteiger partial charge in [-0.15, -0.1) is 0 Å². The van der Waals surface area contributed by atoms with Crippen molar-refractivity contribution in [2.24, 2.45) is 0 Å². The Bertz CT molecular complexity index is 1330. The molecule has 0 spiro atoms. The first-order valence-electron chi connectivity index (χ1n) is 10.8. The van der Waals surface area contributed by atoms with E-state index in [0.717, 1.165) is 28.1 Å². The molecule has 0 unspecified atom stereocenters. The Morgan fingerprint density at radius 3 is 2.63 bits per heavy atom. The van der Waals surface area contributed by atoms with Gasteiger partial charge < -0.3 is 14.2 Å². The lowest BCUT2D eigenvalue weighted by Crippen LogP contribution is -2.27. The van der Waals surface area contributed by atoms with Gasteiger partial charge in [-0.05, 0) is 81.4 Å². The van der Waals surface area contributed by atoms with Crippen LogP contribution in [0.3, 0.4) is 0 Å². The predicted molar refractivity (Wildman–Crippen MR) is 143 cm³/mol. The van der Waals surface area contributed by atoms with Crippen molar-refractivity contribution in [3.63, 3.8) is 0 Å². The second kappa shape index (κ2) is 11.1. The molecular formula is C26H22INO6S. The smallest absolute Gasteiger partial charge is 0.343 e. The number of hydrogen-bond donors (Lipinski definition) is 0. The molecule has 1 heterocycles. The van der Waals surface area contributed by atoms with Gasteiger partial charge in [-0.25, -0.2) is 4.79 Å². The van der Waals surface area contributed by atoms with Crippen molar-refractivity contribution in [1.29, 1.82) is 0 Å². The molecule has 1 aliphatic rings. The number of imide groups is 1. The molecule has 0 bridgehead atoms. The number of hydrogen-bond acceptors (Lipinski definition) is 7. The Morgan fingerprint density at radius 1 is 1.09 bits per heavy atom. The lowest BCUT2D eigenvalue weighted by Gasteiger charge is -2.15. The molecule has 1 saturated heterocycles. The summed E-state index contributed by atoms with van der Waals surface area (Å²) in [7, 11) is 1.29. The highest BCUT2D eigenvalue weighted by atomic mass is 127. The molecule has 1 fully saturated rings. The highest BCUT2D eigenvalue weighted by molar-refractivity contribution is 14.1. The summed E-state index contributed by atoms with van der Waals surface area (Å²) in [5, 5.41) is 1.75. The second-order valence-corrected chi connectivity index (χ2v) is 9.69. The number of carbonyl (C=O) groups excluding carboxylic acids is 3. The van der Waals surface area contributed by atoms with Crippen LogP contribution >= 0.6 is 34.4 Å². The number of fused-ring (bicyclic) bond motifs is 1. The van der Waals surface area contributed by atoms with Crippen molar-refractivity contribution in [1.82, 2.24) is 4.90 Å². The van der Waals surface area contributed by atoms with E-state index in [9.17, 15) is 14.4 Å². The molecule has 0 atom stereocenters. The van der Waals surface area contributed by atoms with Gasteiger partial charge in [0.1, 0.15) is 0 Å². The van der Waals surface area contributed by atoms with Gasteiger partial charge in [-0.1, -0.05) is 42.5 Å². The minimum absolute atomic E-state index is 0.200. The molecule has 0 aliphatic carbocycles. The van der Waals surface area contributed by atoms with Crippen LogP contribution in [0, 0.1) is 3.57 Å². The van der Waals surface area contributed by atoms with Crippen molar-refractivity contribution in [2.75, 3.05) is 20.3 Å². The third-order valence-electron chi connectivity index (χ3n) is 5.27. The second-order valence-electron chi connectivity index (χ2n) is 7.53. The third-order valence-corrected chi connectivity index (χ3v) is 6.98. The minimum atomic E-state index is -0.507. The molecule has 180 valence electrons. The van der Waals surface area contributed by atoms with Crippen LogP contribution in [0.2, 0.25) is 0 Å². The van der Waals surface area contributed by atoms with Crippen LogP contribution in [-0.4, -0.2) is 42.3 Å². The predicted octanol–water partition coefficient (Wildman–Crippen LogP) is 5.63. The summed E-state index contributed by atoms with van der Waals surface area (Å²) in [6.45, 7) is 2.17. The lowest BCUT2D eigenvalue weighted by molar-refractivity contribution is -0.143. The highest BCUT2D eigenvalue weighted by Crippen LogP contribution is 2.38. The molecule has 3 aromatic rings. The molecule has 7 nitrogen and oxygen atoms in total. The molecule has 35 heavy (non-hydrogen) atoms. The highest BCUT2D eigenvalue weighted by Gasteiger charge is 2.35. The van der Waals surface area contributed by atoms with Gasteiger partial charge in [0.05, 0.1) is 28.7 Å². The number of benzene rings is 3. The van der Waals surface area contributed by atoms with Crippen molar-refractivity contribution >= 4 is 68.3 Å². The summed E-state index contributed by atoms with van der Waals surface area (Å²) in [6.07, 6.45) is 1.67. The number of rotatable bonds is 8. The monoisotopic (exact) mass is 603 g/mol. The standard InChI is InChI=1S/C26H22INO6S/c1-3-33-21-12-16(11-20(27)24(21)34-15-23(29)32-2)13-22-25(30)28(26(31)35-22)14-18-9-6-8-17-7-4-5-10-19(17)18/h4-13H,3,14-15H2,1-2H3/b22-13+. The van der Waals surface area contributed by atoms with E-state index in [1.54, 1.807) is 18.2 Å². The molecule has 0 N–H and O–H groups in total. The maximum atomic E-state index is 13.1. The fraction of sp³-hybridized carbons (Fsp3) is 0.192. The quantitative estimate of drug-likeness (QED) is 0.188. The summed E-state index contributed by atoms with van der Waals surface area (Å²) in [5.41, 5.74) is 1.59. The zero-order valence-electron chi connectivity index (χ0n) is 19.1. The first-order valence-corrected chi connectivity index (χ1v) is 12.7. The maximum absolute atomic E-state index is 13.1. The Kier molecular flexibility index (Phi) is 7.97. The number of methoxy groups -OCH3 is 1. The lowest BCUT2D eigenvalue weighted by atomic mass is 10.0. The number of thioether (sulfide) groups is 1. The molecule has 0 radical (unpaired) electrons. The SMILES string of the molecule is CCOc1cc(/C=C2/SC(=O)N(Cc3cccc4ccccc34)C2=O)cc(I)c1OCC(=O)OC. The zero-order chi connectivity index (χ0) is 24.9. The van der Waals surface area contributed by atoms with Crippen molar-refractivity contribution in [3.05, 3.63) is 74.2 Å². The van der Waals surface area contributed by atoms with Crippen LogP contribution in [0.15, 0.2) is 59.5 Å². The number of amides is 2. The van der Waals surface area contributed by atoms with Crippen LogP contribution in [0.5, 0.6) is 11.5 Å². The van der Waals surface area contributed by atoms with Crippen LogP contribution in [0.4, 0.5) is 4.79 Å². The van der Waals surface area contributed by atoms with E-state index < -0.39 is 5.97 Å². The Hall–Kier alpha value is -3.05. The van der Waals surface area contributed by atoms with Crippen molar-refractivity contribution < 1.29 is 28.6 Å². The Labute approximate surface area is 220 Å². The fourth-order valence-corrected chi connectivity index (χ4v) is 5.27. The fourth-order valence-electron chi connectivity index (χ4n) is 3.65. The molecule has 1 aliphatic heterocycles. The van der Waals surface area contributed by atoms with Gasteiger partial charge in [0.25, 0.3) is 11.1 Å². The van der Waals surface area contributed by atoms with Crippen LogP contribution in [0.25, 0.3) is 16.8 Å². The minimum Gasteiger partial charge on any atom is -0.490 e. The van der Waals surface area contributed by atoms with E-state index in [2.05, 4.69) is 27.3 Å². The van der Waals surface area contributed by atoms with E-state index >= 15 is 0 Å².